The minimum atomic E-state index is 0.166. The Hall–Kier alpha value is -0.230. The molecule has 0 atom stereocenters. The molecule has 0 aliphatic carbocycles. The zero-order chi connectivity index (χ0) is 10.4. The molecule has 2 aromatic heterocycles. The summed E-state index contributed by atoms with van der Waals surface area (Å²) in [5.74, 6) is 0.166. The second kappa shape index (κ2) is 3.66. The molecule has 3 heterocycles. The molecule has 0 amide bonds. The summed E-state index contributed by atoms with van der Waals surface area (Å²) in [6.07, 6.45) is 0. The molecule has 0 bridgehead atoms. The Kier molecular flexibility index (Phi) is 2.43. The number of Topliss-reactive ketones (excluding diaryl/α,β-unsaturated/α-hetero) is 1. The Morgan fingerprint density at radius 1 is 1.20 bits per heavy atom. The first-order chi connectivity index (χ1) is 7.24. The van der Waals surface area contributed by atoms with Gasteiger partial charge in [-0.2, -0.15) is 0 Å². The lowest BCUT2D eigenvalue weighted by molar-refractivity contribution is 0.102. The predicted molar refractivity (Wildman–Crippen MR) is 66.9 cm³/mol. The fraction of sp³-hybridized carbons (Fsp3) is 0.100. The van der Waals surface area contributed by atoms with Gasteiger partial charge in [-0.15, -0.1) is 22.7 Å². The molecule has 76 valence electrons. The average molecular weight is 270 g/mol. The molecule has 0 radical (unpaired) electrons. The van der Waals surface area contributed by atoms with Gasteiger partial charge in [0.25, 0.3) is 0 Å². The highest BCUT2D eigenvalue weighted by atomic mass is 32.2. The summed E-state index contributed by atoms with van der Waals surface area (Å²) in [5, 5.41) is 2.12. The van der Waals surface area contributed by atoms with E-state index >= 15 is 0 Å². The van der Waals surface area contributed by atoms with Crippen molar-refractivity contribution >= 4 is 52.0 Å². The molecule has 2 aromatic rings. The Bertz CT molecular complexity index is 499. The van der Waals surface area contributed by atoms with Gasteiger partial charge in [0.2, 0.25) is 0 Å². The number of carbonyl (C=O) groups excluding carboxylic acids is 1. The maximum Gasteiger partial charge on any atom is 0.169 e. The number of thiophene rings is 2. The third-order valence-corrected chi connectivity index (χ3v) is 7.22. The highest BCUT2D eigenvalue weighted by molar-refractivity contribution is 8.07. The van der Waals surface area contributed by atoms with Crippen molar-refractivity contribution in [2.24, 2.45) is 0 Å². The zero-order valence-electron chi connectivity index (χ0n) is 7.77. The van der Waals surface area contributed by atoms with E-state index in [4.69, 9.17) is 0 Å². The Balaban J connectivity index is 2.05. The summed E-state index contributed by atoms with van der Waals surface area (Å²) in [5.41, 5.74) is 0. The van der Waals surface area contributed by atoms with Crippen molar-refractivity contribution in [3.8, 4) is 0 Å². The van der Waals surface area contributed by atoms with Crippen molar-refractivity contribution in [2.45, 2.75) is 25.1 Å². The van der Waals surface area contributed by atoms with Gasteiger partial charge in [0.1, 0.15) is 0 Å². The van der Waals surface area contributed by atoms with Crippen LogP contribution in [0.2, 0.25) is 0 Å². The largest absolute Gasteiger partial charge is 0.294 e. The standard InChI is InChI=1S/C10H6OS4/c1-5(11)7-4-8-10(14-7)15-9-6(13-8)2-3-12-9/h2-4H,1H3. The van der Waals surface area contributed by atoms with Gasteiger partial charge in [-0.05, 0) is 24.4 Å². The summed E-state index contributed by atoms with van der Waals surface area (Å²) in [6.45, 7) is 1.63. The van der Waals surface area contributed by atoms with Crippen molar-refractivity contribution in [3.05, 3.63) is 22.4 Å². The van der Waals surface area contributed by atoms with Crippen LogP contribution in [0, 0.1) is 0 Å². The first-order valence-corrected chi connectivity index (χ1v) is 7.65. The molecule has 1 aliphatic rings. The van der Waals surface area contributed by atoms with Gasteiger partial charge in [-0.3, -0.25) is 4.79 Å². The van der Waals surface area contributed by atoms with Gasteiger partial charge in [0.05, 0.1) is 13.3 Å². The summed E-state index contributed by atoms with van der Waals surface area (Å²) in [4.78, 5) is 14.7. The highest BCUT2D eigenvalue weighted by Crippen LogP contribution is 2.53. The van der Waals surface area contributed by atoms with E-state index in [1.165, 1.54) is 18.2 Å². The van der Waals surface area contributed by atoms with Crippen LogP contribution in [0.3, 0.4) is 0 Å². The fourth-order valence-corrected chi connectivity index (χ4v) is 6.35. The molecule has 0 saturated carbocycles. The average Bonchev–Trinajstić information content (AvgIpc) is 2.77. The topological polar surface area (TPSA) is 17.1 Å². The van der Waals surface area contributed by atoms with Crippen LogP contribution in [0.15, 0.2) is 35.7 Å². The van der Waals surface area contributed by atoms with Gasteiger partial charge in [0.15, 0.2) is 5.78 Å². The molecular weight excluding hydrogens is 264 g/mol. The third-order valence-electron chi connectivity index (χ3n) is 2.01. The van der Waals surface area contributed by atoms with E-state index in [1.807, 2.05) is 6.07 Å². The first-order valence-electron chi connectivity index (χ1n) is 4.32. The number of ketones is 1. The van der Waals surface area contributed by atoms with E-state index in [-0.39, 0.29) is 5.78 Å². The molecule has 15 heavy (non-hydrogen) atoms. The summed E-state index contributed by atoms with van der Waals surface area (Å²) < 4.78 is 2.62. The van der Waals surface area contributed by atoms with Crippen LogP contribution in [0.25, 0.3) is 0 Å². The SMILES string of the molecule is CC(=O)c1cc2c(s1)Sc1sccc1S2. The van der Waals surface area contributed by atoms with Crippen molar-refractivity contribution in [1.29, 1.82) is 0 Å². The van der Waals surface area contributed by atoms with Crippen molar-refractivity contribution < 1.29 is 4.79 Å². The van der Waals surface area contributed by atoms with E-state index in [2.05, 4.69) is 11.4 Å². The molecule has 1 nitrogen and oxygen atoms in total. The quantitative estimate of drug-likeness (QED) is 0.600. The lowest BCUT2D eigenvalue weighted by Crippen LogP contribution is -1.83. The molecule has 0 fully saturated rings. The van der Waals surface area contributed by atoms with Crippen LogP contribution in [0.4, 0.5) is 0 Å². The van der Waals surface area contributed by atoms with Crippen LogP contribution in [-0.2, 0) is 0 Å². The molecule has 5 heteroatoms. The van der Waals surface area contributed by atoms with Gasteiger partial charge < -0.3 is 0 Å². The molecular formula is C10H6OS4. The molecule has 0 unspecified atom stereocenters. The monoisotopic (exact) mass is 270 g/mol. The van der Waals surface area contributed by atoms with Crippen LogP contribution < -0.4 is 0 Å². The summed E-state index contributed by atoms with van der Waals surface area (Å²) >= 11 is 6.95. The Labute approximate surface area is 104 Å². The second-order valence-electron chi connectivity index (χ2n) is 3.09. The molecule has 0 N–H and O–H groups in total. The number of carbonyl (C=O) groups is 1. The number of rotatable bonds is 1. The molecule has 0 saturated heterocycles. The maximum atomic E-state index is 11.3. The van der Waals surface area contributed by atoms with Gasteiger partial charge >= 0.3 is 0 Å². The van der Waals surface area contributed by atoms with E-state index < -0.39 is 0 Å². The van der Waals surface area contributed by atoms with E-state index in [9.17, 15) is 4.79 Å². The highest BCUT2D eigenvalue weighted by Gasteiger charge is 2.21. The van der Waals surface area contributed by atoms with Gasteiger partial charge in [-0.25, -0.2) is 0 Å². The predicted octanol–water partition coefficient (Wildman–Crippen LogP) is 4.63. The smallest absolute Gasteiger partial charge is 0.169 e. The first kappa shape index (κ1) is 9.96. The Morgan fingerprint density at radius 2 is 2.07 bits per heavy atom. The van der Waals surface area contributed by atoms with Crippen molar-refractivity contribution in [3.63, 3.8) is 0 Å². The van der Waals surface area contributed by atoms with Gasteiger partial charge in [-0.1, -0.05) is 23.5 Å². The number of hydrogen-bond acceptors (Lipinski definition) is 5. The van der Waals surface area contributed by atoms with Crippen molar-refractivity contribution in [2.75, 3.05) is 0 Å². The zero-order valence-corrected chi connectivity index (χ0v) is 11.0. The third kappa shape index (κ3) is 1.67. The maximum absolute atomic E-state index is 11.3. The van der Waals surface area contributed by atoms with E-state index in [0.29, 0.717) is 0 Å². The van der Waals surface area contributed by atoms with Gasteiger partial charge in [0, 0.05) is 9.79 Å². The Morgan fingerprint density at radius 3 is 2.87 bits per heavy atom. The lowest BCUT2D eigenvalue weighted by Gasteiger charge is -2.08. The van der Waals surface area contributed by atoms with Crippen LogP contribution in [0.1, 0.15) is 16.6 Å². The number of hydrogen-bond donors (Lipinski definition) is 0. The summed E-state index contributed by atoms with van der Waals surface area (Å²) in [6, 6.07) is 4.16. The fourth-order valence-electron chi connectivity index (χ4n) is 1.31. The second-order valence-corrected chi connectivity index (χ2v) is 7.68. The molecule has 3 rings (SSSR count). The lowest BCUT2D eigenvalue weighted by atomic mass is 10.4. The van der Waals surface area contributed by atoms with Crippen molar-refractivity contribution in [1.82, 2.24) is 0 Å². The van der Waals surface area contributed by atoms with E-state index in [1.54, 1.807) is 53.1 Å². The summed E-state index contributed by atoms with van der Waals surface area (Å²) in [7, 11) is 0. The minimum absolute atomic E-state index is 0.166. The minimum Gasteiger partial charge on any atom is -0.294 e. The molecule has 0 spiro atoms. The number of fused-ring (bicyclic) bond motifs is 2. The molecule has 1 aliphatic heterocycles. The van der Waals surface area contributed by atoms with Crippen LogP contribution in [0.5, 0.6) is 0 Å². The van der Waals surface area contributed by atoms with E-state index in [0.717, 1.165) is 4.88 Å². The molecule has 0 aromatic carbocycles. The van der Waals surface area contributed by atoms with Crippen LogP contribution >= 0.6 is 46.2 Å². The van der Waals surface area contributed by atoms with Crippen LogP contribution in [-0.4, -0.2) is 5.78 Å². The normalized spacial score (nSPS) is 13.4.